The van der Waals surface area contributed by atoms with E-state index in [0.29, 0.717) is 11.9 Å². The van der Waals surface area contributed by atoms with Crippen LogP contribution in [0.1, 0.15) is 22.6 Å². The van der Waals surface area contributed by atoms with E-state index < -0.39 is 11.7 Å². The maximum absolute atomic E-state index is 13.4. The number of fused-ring (bicyclic) bond motifs is 1. The second-order valence-electron chi connectivity index (χ2n) is 6.96. The Morgan fingerprint density at radius 3 is 2.52 bits per heavy atom. The lowest BCUT2D eigenvalue weighted by Gasteiger charge is -2.15. The van der Waals surface area contributed by atoms with Crippen molar-refractivity contribution in [2.24, 2.45) is 0 Å². The Balaban J connectivity index is 1.75. The number of aromatic nitrogens is 1. The minimum Gasteiger partial charge on any atom is -0.465 e. The zero-order valence-electron chi connectivity index (χ0n) is 16.0. The van der Waals surface area contributed by atoms with Crippen molar-refractivity contribution < 1.29 is 17.6 Å². The van der Waals surface area contributed by atoms with Gasteiger partial charge in [0.1, 0.15) is 11.5 Å². The molecule has 0 saturated carbocycles. The topological polar surface area (TPSA) is 38.1 Å². The first-order valence-corrected chi connectivity index (χ1v) is 9.18. The van der Waals surface area contributed by atoms with Crippen LogP contribution in [0.5, 0.6) is 0 Å². The van der Waals surface area contributed by atoms with Crippen molar-refractivity contribution in [3.63, 3.8) is 0 Å². The minimum atomic E-state index is -4.45. The predicted molar refractivity (Wildman–Crippen MR) is 108 cm³/mol. The van der Waals surface area contributed by atoms with Gasteiger partial charge in [0, 0.05) is 17.3 Å². The summed E-state index contributed by atoms with van der Waals surface area (Å²) in [5.74, 6) is 1.66. The number of pyridine rings is 1. The number of halogens is 3. The van der Waals surface area contributed by atoms with E-state index in [2.05, 4.69) is 10.3 Å². The first kappa shape index (κ1) is 19.1. The molecule has 1 N–H and O–H groups in total. The lowest BCUT2D eigenvalue weighted by Crippen LogP contribution is -2.07. The number of hydrogen-bond acceptors (Lipinski definition) is 3. The SMILES string of the molecule is Cc1ccc(CNc2cccc(-c3c(C)cnc4c(C(F)(F)F)cccc34)c2)o1. The lowest BCUT2D eigenvalue weighted by molar-refractivity contribution is -0.136. The molecular weight excluding hydrogens is 377 g/mol. The van der Waals surface area contributed by atoms with Crippen molar-refractivity contribution in [3.05, 3.63) is 83.4 Å². The van der Waals surface area contributed by atoms with Gasteiger partial charge in [0.15, 0.2) is 0 Å². The summed E-state index contributed by atoms with van der Waals surface area (Å²) in [4.78, 5) is 4.09. The highest BCUT2D eigenvalue weighted by molar-refractivity contribution is 5.98. The Morgan fingerprint density at radius 2 is 1.79 bits per heavy atom. The number of alkyl halides is 3. The Labute approximate surface area is 166 Å². The van der Waals surface area contributed by atoms with Gasteiger partial charge in [-0.05, 0) is 60.9 Å². The van der Waals surface area contributed by atoms with Crippen LogP contribution < -0.4 is 5.32 Å². The summed E-state index contributed by atoms with van der Waals surface area (Å²) in [5, 5.41) is 3.78. The van der Waals surface area contributed by atoms with Gasteiger partial charge < -0.3 is 9.73 Å². The third-order valence-electron chi connectivity index (χ3n) is 4.81. The molecule has 2 aromatic carbocycles. The Morgan fingerprint density at radius 1 is 1.00 bits per heavy atom. The van der Waals surface area contributed by atoms with Crippen LogP contribution in [0, 0.1) is 13.8 Å². The molecule has 0 aliphatic carbocycles. The van der Waals surface area contributed by atoms with Crippen molar-refractivity contribution in [2.45, 2.75) is 26.6 Å². The number of benzene rings is 2. The van der Waals surface area contributed by atoms with Crippen LogP contribution in [0.2, 0.25) is 0 Å². The number of nitrogens with zero attached hydrogens (tertiary/aromatic N) is 1. The van der Waals surface area contributed by atoms with Crippen LogP contribution in [-0.4, -0.2) is 4.98 Å². The zero-order chi connectivity index (χ0) is 20.6. The molecule has 0 radical (unpaired) electrons. The molecule has 29 heavy (non-hydrogen) atoms. The van der Waals surface area contributed by atoms with Crippen LogP contribution in [0.25, 0.3) is 22.0 Å². The molecule has 0 unspecified atom stereocenters. The average molecular weight is 396 g/mol. The second kappa shape index (κ2) is 7.28. The highest BCUT2D eigenvalue weighted by Gasteiger charge is 2.33. The van der Waals surface area contributed by atoms with Crippen LogP contribution in [0.3, 0.4) is 0 Å². The highest BCUT2D eigenvalue weighted by atomic mass is 19.4. The van der Waals surface area contributed by atoms with Gasteiger partial charge in [-0.15, -0.1) is 0 Å². The number of anilines is 1. The molecule has 2 heterocycles. The third-order valence-corrected chi connectivity index (χ3v) is 4.81. The number of rotatable bonds is 4. The summed E-state index contributed by atoms with van der Waals surface area (Å²) in [6.07, 6.45) is -2.96. The molecular formula is C23H19F3N2O. The molecule has 4 aromatic rings. The summed E-state index contributed by atoms with van der Waals surface area (Å²) in [6, 6.07) is 15.6. The minimum absolute atomic E-state index is 0.0370. The summed E-state index contributed by atoms with van der Waals surface area (Å²) >= 11 is 0. The van der Waals surface area contributed by atoms with E-state index in [0.717, 1.165) is 40.0 Å². The van der Waals surface area contributed by atoms with Crippen molar-refractivity contribution in [3.8, 4) is 11.1 Å². The number of para-hydroxylation sites is 1. The van der Waals surface area contributed by atoms with Gasteiger partial charge in [0.05, 0.1) is 17.6 Å². The van der Waals surface area contributed by atoms with Gasteiger partial charge in [-0.1, -0.05) is 24.3 Å². The molecule has 0 aliphatic rings. The third kappa shape index (κ3) is 3.83. The molecule has 148 valence electrons. The predicted octanol–water partition coefficient (Wildman–Crippen LogP) is 6.74. The second-order valence-corrected chi connectivity index (χ2v) is 6.96. The first-order chi connectivity index (χ1) is 13.8. The molecule has 2 aromatic heterocycles. The molecule has 3 nitrogen and oxygen atoms in total. The molecule has 0 fully saturated rings. The maximum atomic E-state index is 13.4. The molecule has 0 spiro atoms. The van der Waals surface area contributed by atoms with E-state index in [1.54, 1.807) is 6.07 Å². The van der Waals surface area contributed by atoms with Gasteiger partial charge in [0.2, 0.25) is 0 Å². The molecule has 6 heteroatoms. The van der Waals surface area contributed by atoms with E-state index in [1.807, 2.05) is 50.2 Å². The number of furan rings is 1. The van der Waals surface area contributed by atoms with Gasteiger partial charge >= 0.3 is 6.18 Å². The van der Waals surface area contributed by atoms with Gasteiger partial charge in [0.25, 0.3) is 0 Å². The van der Waals surface area contributed by atoms with Gasteiger partial charge in [-0.25, -0.2) is 0 Å². The van der Waals surface area contributed by atoms with Gasteiger partial charge in [-0.3, -0.25) is 4.98 Å². The van der Waals surface area contributed by atoms with E-state index in [-0.39, 0.29) is 5.52 Å². The standard InChI is InChI=1S/C23H19F3N2O/c1-14-12-28-22-19(7-4-8-20(22)23(24,25)26)21(14)16-5-3-6-17(11-16)27-13-18-10-9-15(2)29-18/h3-12,27H,13H2,1-2H3. The quantitative estimate of drug-likeness (QED) is 0.415. The van der Waals surface area contributed by atoms with Crippen LogP contribution in [0.15, 0.2) is 65.2 Å². The van der Waals surface area contributed by atoms with Crippen molar-refractivity contribution >= 4 is 16.6 Å². The molecule has 0 bridgehead atoms. The van der Waals surface area contributed by atoms with Crippen LogP contribution in [0.4, 0.5) is 18.9 Å². The Kier molecular flexibility index (Phi) is 4.78. The summed E-state index contributed by atoms with van der Waals surface area (Å²) in [6.45, 7) is 4.26. The number of nitrogens with one attached hydrogen (secondary N) is 1. The average Bonchev–Trinajstić information content (AvgIpc) is 3.10. The van der Waals surface area contributed by atoms with Crippen LogP contribution in [-0.2, 0) is 12.7 Å². The van der Waals surface area contributed by atoms with Gasteiger partial charge in [-0.2, -0.15) is 13.2 Å². The smallest absolute Gasteiger partial charge is 0.418 e. The first-order valence-electron chi connectivity index (χ1n) is 9.18. The van der Waals surface area contributed by atoms with Crippen LogP contribution >= 0.6 is 0 Å². The normalized spacial score (nSPS) is 11.8. The number of aryl methyl sites for hydroxylation is 2. The Bertz CT molecular complexity index is 1180. The lowest BCUT2D eigenvalue weighted by atomic mass is 9.95. The summed E-state index contributed by atoms with van der Waals surface area (Å²) in [7, 11) is 0. The fraction of sp³-hybridized carbons (Fsp3) is 0.174. The Hall–Kier alpha value is -3.28. The summed E-state index contributed by atoms with van der Waals surface area (Å²) < 4.78 is 45.8. The largest absolute Gasteiger partial charge is 0.465 e. The molecule has 0 atom stereocenters. The monoisotopic (exact) mass is 396 g/mol. The van der Waals surface area contributed by atoms with E-state index in [9.17, 15) is 13.2 Å². The fourth-order valence-electron chi connectivity index (χ4n) is 3.49. The molecule has 4 rings (SSSR count). The van der Waals surface area contributed by atoms with E-state index >= 15 is 0 Å². The van der Waals surface area contributed by atoms with E-state index in [4.69, 9.17) is 4.42 Å². The summed E-state index contributed by atoms with van der Waals surface area (Å²) in [5.41, 5.74) is 2.49. The zero-order valence-corrected chi connectivity index (χ0v) is 16.0. The van der Waals surface area contributed by atoms with E-state index in [1.165, 1.54) is 12.3 Å². The fourth-order valence-corrected chi connectivity index (χ4v) is 3.49. The van der Waals surface area contributed by atoms with Crippen molar-refractivity contribution in [1.29, 1.82) is 0 Å². The maximum Gasteiger partial charge on any atom is 0.418 e. The number of hydrogen-bond donors (Lipinski definition) is 1. The van der Waals surface area contributed by atoms with Crippen molar-refractivity contribution in [2.75, 3.05) is 5.32 Å². The highest BCUT2D eigenvalue weighted by Crippen LogP contribution is 2.38. The molecule has 0 saturated heterocycles. The molecule has 0 aliphatic heterocycles. The molecule has 0 amide bonds. The van der Waals surface area contributed by atoms with Crippen molar-refractivity contribution in [1.82, 2.24) is 4.98 Å².